The van der Waals surface area contributed by atoms with Gasteiger partial charge in [-0.1, -0.05) is 43.5 Å². The monoisotopic (exact) mass is 486 g/mol. The number of nitrogens with one attached hydrogen (secondary N) is 1. The number of halogens is 2. The molecule has 1 aliphatic heterocycles. The van der Waals surface area contributed by atoms with Crippen molar-refractivity contribution < 1.29 is 9.18 Å². The largest absolute Gasteiger partial charge is 0.338 e. The van der Waals surface area contributed by atoms with E-state index in [0.717, 1.165) is 5.56 Å². The van der Waals surface area contributed by atoms with E-state index in [0.29, 0.717) is 34.9 Å². The second-order valence-corrected chi connectivity index (χ2v) is 9.42. The fraction of sp³-hybridized carbons (Fsp3) is 0.435. The summed E-state index contributed by atoms with van der Waals surface area (Å²) in [6.45, 7) is 0.328. The lowest BCUT2D eigenvalue weighted by molar-refractivity contribution is 0.0453. The minimum absolute atomic E-state index is 0.109. The summed E-state index contributed by atoms with van der Waals surface area (Å²) in [5.74, 6) is 0.243. The lowest BCUT2D eigenvalue weighted by Gasteiger charge is -2.37. The van der Waals surface area contributed by atoms with Crippen molar-refractivity contribution in [1.82, 2.24) is 19.5 Å². The number of fused-ring (bicyclic) bond motifs is 1. The molecule has 31 heavy (non-hydrogen) atoms. The van der Waals surface area contributed by atoms with Crippen molar-refractivity contribution in [2.75, 3.05) is 19.8 Å². The molecule has 2 aromatic heterocycles. The highest BCUT2D eigenvalue weighted by atomic mass is 79.9. The van der Waals surface area contributed by atoms with E-state index in [2.05, 4.69) is 38.1 Å². The molecule has 6 nitrogen and oxygen atoms in total. The van der Waals surface area contributed by atoms with Crippen LogP contribution in [-0.2, 0) is 0 Å². The molecule has 0 radical (unpaired) electrons. The average Bonchev–Trinajstić information content (AvgIpc) is 3.10. The van der Waals surface area contributed by atoms with E-state index in [1.54, 1.807) is 4.90 Å². The first kappa shape index (κ1) is 20.4. The van der Waals surface area contributed by atoms with Gasteiger partial charge in [-0.2, -0.15) is 4.52 Å². The van der Waals surface area contributed by atoms with E-state index >= 15 is 0 Å². The Hall–Kier alpha value is -2.48. The van der Waals surface area contributed by atoms with Crippen LogP contribution >= 0.6 is 15.9 Å². The zero-order valence-electron chi connectivity index (χ0n) is 17.1. The number of hydrogen-bond acceptors (Lipinski definition) is 3. The highest BCUT2D eigenvalue weighted by Crippen LogP contribution is 2.33. The molecule has 3 heterocycles. The summed E-state index contributed by atoms with van der Waals surface area (Å²) in [6, 6.07) is 9.75. The number of hydrogen-bond donors (Lipinski definition) is 1. The molecule has 2 aliphatic rings. The van der Waals surface area contributed by atoms with Crippen LogP contribution < -0.4 is 5.56 Å². The minimum atomic E-state index is -0.433. The van der Waals surface area contributed by atoms with Crippen molar-refractivity contribution in [2.24, 2.45) is 5.92 Å². The number of rotatable bonds is 4. The Morgan fingerprint density at radius 1 is 1.16 bits per heavy atom. The van der Waals surface area contributed by atoms with Gasteiger partial charge in [-0.05, 0) is 40.3 Å². The molecule has 1 saturated carbocycles. The van der Waals surface area contributed by atoms with Gasteiger partial charge >= 0.3 is 0 Å². The first-order valence-corrected chi connectivity index (χ1v) is 11.6. The zero-order valence-corrected chi connectivity index (χ0v) is 18.7. The van der Waals surface area contributed by atoms with Crippen LogP contribution in [0.4, 0.5) is 4.39 Å². The molecule has 2 fully saturated rings. The smallest absolute Gasteiger partial charge is 0.273 e. The normalized spacial score (nSPS) is 17.8. The standard InChI is InChI=1S/C23H24BrFN4O2/c24-21-20(23(31)28-12-14(11-25)13-28)22-26-18(10-19(30)29(22)27-21)17-8-6-16(7-9-17)15-4-2-1-3-5-15/h6-10,14-15,27H,1-5,11-13H2. The predicted molar refractivity (Wildman–Crippen MR) is 120 cm³/mol. The van der Waals surface area contributed by atoms with E-state index < -0.39 is 6.67 Å². The molecule has 1 amide bonds. The van der Waals surface area contributed by atoms with Gasteiger partial charge in [-0.25, -0.2) is 4.98 Å². The molecule has 0 bridgehead atoms. The third kappa shape index (κ3) is 3.71. The van der Waals surface area contributed by atoms with E-state index in [1.165, 1.54) is 48.2 Å². The van der Waals surface area contributed by atoms with Gasteiger partial charge < -0.3 is 4.90 Å². The third-order valence-electron chi connectivity index (χ3n) is 6.53. The molecule has 0 spiro atoms. The quantitative estimate of drug-likeness (QED) is 0.588. The molecule has 1 saturated heterocycles. The number of nitrogens with zero attached hydrogens (tertiary/aromatic N) is 3. The topological polar surface area (TPSA) is 70.5 Å². The second-order valence-electron chi connectivity index (χ2n) is 8.63. The SMILES string of the molecule is O=C(c1c(Br)[nH]n2c(=O)cc(-c3ccc(C4CCCCC4)cc3)nc12)N1CC(CF)C1. The first-order valence-electron chi connectivity index (χ1n) is 10.8. The number of likely N-dealkylation sites (tertiary alicyclic amines) is 1. The third-order valence-corrected chi connectivity index (χ3v) is 7.11. The average molecular weight is 487 g/mol. The molecular formula is C23H24BrFN4O2. The fourth-order valence-corrected chi connectivity index (χ4v) is 5.23. The maximum absolute atomic E-state index is 13.0. The number of carbonyl (C=O) groups is 1. The van der Waals surface area contributed by atoms with Gasteiger partial charge in [0, 0.05) is 30.6 Å². The van der Waals surface area contributed by atoms with Crippen LogP contribution in [-0.4, -0.2) is 45.2 Å². The maximum Gasteiger partial charge on any atom is 0.273 e. The summed E-state index contributed by atoms with van der Waals surface area (Å²) in [7, 11) is 0. The van der Waals surface area contributed by atoms with Crippen LogP contribution in [0, 0.1) is 5.92 Å². The summed E-state index contributed by atoms with van der Waals surface area (Å²) in [5.41, 5.74) is 3.00. The maximum atomic E-state index is 13.0. The number of aromatic amines is 1. The van der Waals surface area contributed by atoms with E-state index in [-0.39, 0.29) is 23.0 Å². The molecule has 1 N–H and O–H groups in total. The molecule has 1 aromatic carbocycles. The van der Waals surface area contributed by atoms with Crippen LogP contribution in [0.1, 0.15) is 53.9 Å². The van der Waals surface area contributed by atoms with Crippen LogP contribution in [0.15, 0.2) is 39.7 Å². The van der Waals surface area contributed by atoms with Crippen molar-refractivity contribution >= 4 is 27.5 Å². The summed E-state index contributed by atoms with van der Waals surface area (Å²) in [6.07, 6.45) is 6.34. The molecule has 5 rings (SSSR count). The van der Waals surface area contributed by atoms with Crippen LogP contribution in [0.3, 0.4) is 0 Å². The summed E-state index contributed by atoms with van der Waals surface area (Å²) in [5, 5.41) is 2.87. The van der Waals surface area contributed by atoms with E-state index in [9.17, 15) is 14.0 Å². The van der Waals surface area contributed by atoms with Crippen LogP contribution in [0.5, 0.6) is 0 Å². The lowest BCUT2D eigenvalue weighted by Crippen LogP contribution is -2.50. The van der Waals surface area contributed by atoms with Gasteiger partial charge in [-0.15, -0.1) is 0 Å². The Balaban J connectivity index is 1.49. The number of amides is 1. The highest BCUT2D eigenvalue weighted by Gasteiger charge is 2.34. The second kappa shape index (κ2) is 8.22. The van der Waals surface area contributed by atoms with Gasteiger partial charge in [-0.3, -0.25) is 19.1 Å². The number of benzene rings is 1. The van der Waals surface area contributed by atoms with E-state index in [1.807, 2.05) is 12.1 Å². The van der Waals surface area contributed by atoms with Gasteiger partial charge in [0.15, 0.2) is 5.65 Å². The molecule has 8 heteroatoms. The van der Waals surface area contributed by atoms with Crippen LogP contribution in [0.25, 0.3) is 16.9 Å². The van der Waals surface area contributed by atoms with Crippen molar-refractivity contribution in [3.8, 4) is 11.3 Å². The summed E-state index contributed by atoms with van der Waals surface area (Å²) in [4.78, 5) is 31.9. The number of carbonyl (C=O) groups excluding carboxylic acids is 1. The van der Waals surface area contributed by atoms with E-state index in [4.69, 9.17) is 0 Å². The molecular weight excluding hydrogens is 463 g/mol. The molecule has 1 aliphatic carbocycles. The van der Waals surface area contributed by atoms with Gasteiger partial charge in [0.25, 0.3) is 11.5 Å². The van der Waals surface area contributed by atoms with Crippen molar-refractivity contribution in [1.29, 1.82) is 0 Å². The predicted octanol–water partition coefficient (Wildman–Crippen LogP) is 4.54. The number of H-pyrrole nitrogens is 1. The summed E-state index contributed by atoms with van der Waals surface area (Å²) >= 11 is 3.36. The van der Waals surface area contributed by atoms with Gasteiger partial charge in [0.1, 0.15) is 10.2 Å². The van der Waals surface area contributed by atoms with Crippen LogP contribution in [0.2, 0.25) is 0 Å². The minimum Gasteiger partial charge on any atom is -0.338 e. The fourth-order valence-electron chi connectivity index (χ4n) is 4.70. The first-order chi connectivity index (χ1) is 15.0. The molecule has 162 valence electrons. The highest BCUT2D eigenvalue weighted by molar-refractivity contribution is 9.10. The van der Waals surface area contributed by atoms with Crippen molar-refractivity contribution in [3.63, 3.8) is 0 Å². The number of aromatic nitrogens is 3. The van der Waals surface area contributed by atoms with Gasteiger partial charge in [0.05, 0.1) is 12.4 Å². The molecule has 0 unspecified atom stereocenters. The Kier molecular flexibility index (Phi) is 5.42. The Bertz CT molecular complexity index is 1170. The van der Waals surface area contributed by atoms with Crippen molar-refractivity contribution in [2.45, 2.75) is 38.0 Å². The summed E-state index contributed by atoms with van der Waals surface area (Å²) < 4.78 is 14.4. The molecule has 0 atom stereocenters. The Morgan fingerprint density at radius 2 is 1.87 bits per heavy atom. The molecule has 3 aromatic rings. The Morgan fingerprint density at radius 3 is 2.55 bits per heavy atom. The van der Waals surface area contributed by atoms with Crippen molar-refractivity contribution in [3.05, 3.63) is 56.4 Å². The Labute approximate surface area is 187 Å². The zero-order chi connectivity index (χ0) is 21.5. The van der Waals surface area contributed by atoms with Gasteiger partial charge in [0.2, 0.25) is 0 Å². The lowest BCUT2D eigenvalue weighted by atomic mass is 9.84. The number of alkyl halides is 1.